The number of likely N-dealkylation sites (N-methyl/N-ethyl adjacent to an activating group) is 1. The molecule has 1 aromatic carbocycles. The number of aromatic nitrogens is 1. The summed E-state index contributed by atoms with van der Waals surface area (Å²) >= 11 is 1.64. The van der Waals surface area contributed by atoms with Gasteiger partial charge in [-0.1, -0.05) is 25.0 Å². The molecule has 1 amide bonds. The van der Waals surface area contributed by atoms with Crippen molar-refractivity contribution in [2.24, 2.45) is 5.73 Å². The van der Waals surface area contributed by atoms with E-state index in [-0.39, 0.29) is 5.91 Å². The van der Waals surface area contributed by atoms with Crippen molar-refractivity contribution in [3.05, 3.63) is 29.3 Å². The summed E-state index contributed by atoms with van der Waals surface area (Å²) in [6.45, 7) is 0.539. The molecule has 0 aliphatic heterocycles. The maximum absolute atomic E-state index is 12.5. The number of hydrogen-bond acceptors (Lipinski definition) is 4. The first-order valence-corrected chi connectivity index (χ1v) is 7.79. The number of nitrogens with zero attached hydrogens (tertiary/aromatic N) is 2. The molecule has 0 unspecified atom stereocenters. The van der Waals surface area contributed by atoms with E-state index in [1.165, 1.54) is 0 Å². The highest BCUT2D eigenvalue weighted by Crippen LogP contribution is 2.29. The topological polar surface area (TPSA) is 59.2 Å². The highest BCUT2D eigenvalue weighted by molar-refractivity contribution is 7.18. The zero-order chi connectivity index (χ0) is 14.2. The van der Waals surface area contributed by atoms with Crippen molar-refractivity contribution >= 4 is 27.5 Å². The van der Waals surface area contributed by atoms with Crippen LogP contribution in [0.2, 0.25) is 0 Å². The Morgan fingerprint density at radius 2 is 2.10 bits per heavy atom. The van der Waals surface area contributed by atoms with Gasteiger partial charge in [-0.25, -0.2) is 4.98 Å². The fourth-order valence-corrected chi connectivity index (χ4v) is 3.88. The summed E-state index contributed by atoms with van der Waals surface area (Å²) in [6, 6.07) is 8.04. The van der Waals surface area contributed by atoms with Gasteiger partial charge in [0.2, 0.25) is 5.91 Å². The van der Waals surface area contributed by atoms with Crippen LogP contribution >= 0.6 is 11.3 Å². The van der Waals surface area contributed by atoms with E-state index in [4.69, 9.17) is 5.73 Å². The Morgan fingerprint density at radius 1 is 1.40 bits per heavy atom. The summed E-state index contributed by atoms with van der Waals surface area (Å²) < 4.78 is 1.16. The average molecular weight is 289 g/mol. The third-order valence-electron chi connectivity index (χ3n) is 3.98. The van der Waals surface area contributed by atoms with E-state index in [0.29, 0.717) is 6.54 Å². The number of carbonyl (C=O) groups is 1. The molecule has 0 saturated heterocycles. The van der Waals surface area contributed by atoms with Crippen molar-refractivity contribution < 1.29 is 4.79 Å². The molecule has 1 saturated carbocycles. The molecule has 20 heavy (non-hydrogen) atoms. The highest BCUT2D eigenvalue weighted by Gasteiger charge is 2.38. The van der Waals surface area contributed by atoms with Crippen LogP contribution in [-0.2, 0) is 11.3 Å². The Balaban J connectivity index is 1.75. The number of fused-ring (bicyclic) bond motifs is 1. The van der Waals surface area contributed by atoms with Gasteiger partial charge in [0.1, 0.15) is 5.01 Å². The van der Waals surface area contributed by atoms with Crippen molar-refractivity contribution in [3.8, 4) is 0 Å². The number of carbonyl (C=O) groups excluding carboxylic acids is 1. The van der Waals surface area contributed by atoms with Gasteiger partial charge in [0, 0.05) is 7.05 Å². The lowest BCUT2D eigenvalue weighted by molar-refractivity contribution is -0.136. The standard InChI is InChI=1S/C15H19N3OS/c1-18(14(19)15(16)8-4-5-9-15)10-13-17-11-6-2-3-7-12(11)20-13/h2-3,6-7H,4-5,8-10,16H2,1H3. The predicted octanol–water partition coefficient (Wildman–Crippen LogP) is 2.53. The molecular weight excluding hydrogens is 270 g/mol. The smallest absolute Gasteiger partial charge is 0.242 e. The number of rotatable bonds is 3. The van der Waals surface area contributed by atoms with Crippen LogP contribution in [0.3, 0.4) is 0 Å². The van der Waals surface area contributed by atoms with Gasteiger partial charge in [-0.2, -0.15) is 0 Å². The molecular formula is C15H19N3OS. The summed E-state index contributed by atoms with van der Waals surface area (Å²) in [5, 5.41) is 0.962. The molecule has 4 nitrogen and oxygen atoms in total. The summed E-state index contributed by atoms with van der Waals surface area (Å²) in [6.07, 6.45) is 3.71. The first kappa shape index (κ1) is 13.5. The number of amides is 1. The minimum absolute atomic E-state index is 0.0502. The molecule has 106 valence electrons. The van der Waals surface area contributed by atoms with E-state index < -0.39 is 5.54 Å². The van der Waals surface area contributed by atoms with E-state index in [1.807, 2.05) is 25.2 Å². The molecule has 2 N–H and O–H groups in total. The molecule has 1 aliphatic rings. The van der Waals surface area contributed by atoms with Crippen molar-refractivity contribution in [2.45, 2.75) is 37.8 Å². The van der Waals surface area contributed by atoms with Gasteiger partial charge in [0.05, 0.1) is 22.3 Å². The van der Waals surface area contributed by atoms with E-state index >= 15 is 0 Å². The van der Waals surface area contributed by atoms with Gasteiger partial charge in [-0.3, -0.25) is 4.79 Å². The van der Waals surface area contributed by atoms with Crippen molar-refractivity contribution in [3.63, 3.8) is 0 Å². The molecule has 0 atom stereocenters. The van der Waals surface area contributed by atoms with Crippen molar-refractivity contribution in [1.29, 1.82) is 0 Å². The zero-order valence-electron chi connectivity index (χ0n) is 11.6. The zero-order valence-corrected chi connectivity index (χ0v) is 12.4. The monoisotopic (exact) mass is 289 g/mol. The van der Waals surface area contributed by atoms with Gasteiger partial charge in [-0.15, -0.1) is 11.3 Å². The van der Waals surface area contributed by atoms with Gasteiger partial charge in [0.15, 0.2) is 0 Å². The Hall–Kier alpha value is -1.46. The summed E-state index contributed by atoms with van der Waals surface area (Å²) in [5.41, 5.74) is 6.57. The Kier molecular flexibility index (Phi) is 3.48. The SMILES string of the molecule is CN(Cc1nc2ccccc2s1)C(=O)C1(N)CCCC1. The van der Waals surface area contributed by atoms with Gasteiger partial charge in [-0.05, 0) is 25.0 Å². The van der Waals surface area contributed by atoms with Crippen molar-refractivity contribution in [1.82, 2.24) is 9.88 Å². The highest BCUT2D eigenvalue weighted by atomic mass is 32.1. The normalized spacial score (nSPS) is 17.5. The summed E-state index contributed by atoms with van der Waals surface area (Å²) in [7, 11) is 1.82. The third kappa shape index (κ3) is 2.43. The van der Waals surface area contributed by atoms with Crippen LogP contribution in [0.1, 0.15) is 30.7 Å². The van der Waals surface area contributed by atoms with E-state index in [2.05, 4.69) is 11.1 Å². The molecule has 0 radical (unpaired) electrons. The fraction of sp³-hybridized carbons (Fsp3) is 0.467. The molecule has 1 heterocycles. The van der Waals surface area contributed by atoms with Gasteiger partial charge >= 0.3 is 0 Å². The summed E-state index contributed by atoms with van der Waals surface area (Å²) in [5.74, 6) is 0.0502. The average Bonchev–Trinajstić information content (AvgIpc) is 3.04. The second-order valence-corrected chi connectivity index (χ2v) is 6.71. The third-order valence-corrected chi connectivity index (χ3v) is 5.00. The van der Waals surface area contributed by atoms with Crippen LogP contribution in [-0.4, -0.2) is 28.4 Å². The maximum Gasteiger partial charge on any atom is 0.242 e. The lowest BCUT2D eigenvalue weighted by Gasteiger charge is -2.28. The minimum atomic E-state index is -0.647. The largest absolute Gasteiger partial charge is 0.337 e. The first-order valence-electron chi connectivity index (χ1n) is 6.97. The Bertz CT molecular complexity index is 598. The molecule has 2 aromatic rings. The lowest BCUT2D eigenvalue weighted by atomic mass is 9.97. The van der Waals surface area contributed by atoms with Crippen molar-refractivity contribution in [2.75, 3.05) is 7.05 Å². The Labute approximate surface area is 122 Å². The van der Waals surface area contributed by atoms with Gasteiger partial charge < -0.3 is 10.6 Å². The second kappa shape index (κ2) is 5.14. The second-order valence-electron chi connectivity index (χ2n) is 5.60. The van der Waals surface area contributed by atoms with Crippen LogP contribution in [0.25, 0.3) is 10.2 Å². The number of nitrogens with two attached hydrogens (primary N) is 1. The molecule has 5 heteroatoms. The van der Waals surface area contributed by atoms with E-state index in [1.54, 1.807) is 16.2 Å². The van der Waals surface area contributed by atoms with Crippen LogP contribution in [0, 0.1) is 0 Å². The van der Waals surface area contributed by atoms with E-state index in [9.17, 15) is 4.79 Å². The number of para-hydroxylation sites is 1. The Morgan fingerprint density at radius 3 is 2.80 bits per heavy atom. The lowest BCUT2D eigenvalue weighted by Crippen LogP contribution is -2.52. The maximum atomic E-state index is 12.5. The van der Waals surface area contributed by atoms with Crippen LogP contribution in [0.15, 0.2) is 24.3 Å². The van der Waals surface area contributed by atoms with Crippen LogP contribution in [0.5, 0.6) is 0 Å². The van der Waals surface area contributed by atoms with Crippen LogP contribution in [0.4, 0.5) is 0 Å². The fourth-order valence-electron chi connectivity index (χ4n) is 2.86. The molecule has 3 rings (SSSR count). The number of thiazole rings is 1. The molecule has 0 bridgehead atoms. The first-order chi connectivity index (χ1) is 9.58. The van der Waals surface area contributed by atoms with Gasteiger partial charge in [0.25, 0.3) is 0 Å². The molecule has 1 aromatic heterocycles. The molecule has 1 aliphatic carbocycles. The number of benzene rings is 1. The molecule has 1 fully saturated rings. The van der Waals surface area contributed by atoms with E-state index in [0.717, 1.165) is 40.9 Å². The van der Waals surface area contributed by atoms with Crippen LogP contribution < -0.4 is 5.73 Å². The molecule has 0 spiro atoms. The summed E-state index contributed by atoms with van der Waals surface area (Å²) in [4.78, 5) is 18.8. The quantitative estimate of drug-likeness (QED) is 0.944. The predicted molar refractivity (Wildman–Crippen MR) is 81.5 cm³/mol. The minimum Gasteiger partial charge on any atom is -0.337 e. The number of hydrogen-bond donors (Lipinski definition) is 1.